The van der Waals surface area contributed by atoms with Gasteiger partial charge in [-0.05, 0) is 43.3 Å². The van der Waals surface area contributed by atoms with Gasteiger partial charge in [-0.2, -0.15) is 0 Å². The number of ether oxygens (including phenoxy) is 3. The third-order valence-electron chi connectivity index (χ3n) is 5.69. The molecule has 0 aliphatic carbocycles. The van der Waals surface area contributed by atoms with E-state index in [4.69, 9.17) is 9.47 Å². The number of para-hydroxylation sites is 2. The van der Waals surface area contributed by atoms with Crippen LogP contribution in [0.4, 0.5) is 18.9 Å². The maximum Gasteiger partial charge on any atom is 0.573 e. The lowest BCUT2D eigenvalue weighted by molar-refractivity contribution is -0.274. The molecule has 34 heavy (non-hydrogen) atoms. The van der Waals surface area contributed by atoms with Gasteiger partial charge in [0.1, 0.15) is 12.4 Å². The Morgan fingerprint density at radius 1 is 1.03 bits per heavy atom. The van der Waals surface area contributed by atoms with Gasteiger partial charge in [0.15, 0.2) is 11.5 Å². The molecule has 0 aromatic heterocycles. The van der Waals surface area contributed by atoms with Crippen LogP contribution in [0.25, 0.3) is 0 Å². The van der Waals surface area contributed by atoms with Crippen molar-refractivity contribution >= 4 is 17.5 Å². The van der Waals surface area contributed by atoms with E-state index in [2.05, 4.69) is 10.1 Å². The zero-order valence-corrected chi connectivity index (χ0v) is 18.4. The summed E-state index contributed by atoms with van der Waals surface area (Å²) in [5, 5.41) is 2.69. The minimum Gasteiger partial charge on any atom is -0.485 e. The molecule has 2 atom stereocenters. The third-order valence-corrected chi connectivity index (χ3v) is 5.69. The molecule has 2 aromatic carbocycles. The molecule has 0 bridgehead atoms. The summed E-state index contributed by atoms with van der Waals surface area (Å²) in [7, 11) is 0. The van der Waals surface area contributed by atoms with Crippen LogP contribution in [0.3, 0.4) is 0 Å². The number of halogens is 3. The first-order chi connectivity index (χ1) is 16.2. The third kappa shape index (κ3) is 5.71. The Kier molecular flexibility index (Phi) is 6.82. The number of alkyl halides is 3. The molecule has 1 saturated heterocycles. The van der Waals surface area contributed by atoms with E-state index in [9.17, 15) is 22.8 Å². The van der Waals surface area contributed by atoms with Crippen molar-refractivity contribution in [2.24, 2.45) is 0 Å². The van der Waals surface area contributed by atoms with Crippen molar-refractivity contribution in [2.45, 2.75) is 25.4 Å². The molecule has 0 saturated carbocycles. The number of nitrogens with one attached hydrogen (secondary N) is 1. The Balaban J connectivity index is 1.26. The number of hydrogen-bond donors (Lipinski definition) is 1. The SMILES string of the molecule is C[C@@H](C(=O)Nc1ccc(OC(F)(F)F)cc1)N1CCN(C(=O)[C@H]2COc3ccccc3O2)CC1. The van der Waals surface area contributed by atoms with Crippen LogP contribution in [0, 0.1) is 0 Å². The van der Waals surface area contributed by atoms with E-state index in [1.54, 1.807) is 24.0 Å². The molecule has 2 aromatic rings. The minimum absolute atomic E-state index is 0.141. The molecule has 2 aliphatic rings. The molecule has 2 heterocycles. The number of carbonyl (C=O) groups excluding carboxylic acids is 2. The topological polar surface area (TPSA) is 80.3 Å². The van der Waals surface area contributed by atoms with Crippen molar-refractivity contribution in [1.29, 1.82) is 0 Å². The van der Waals surface area contributed by atoms with E-state index >= 15 is 0 Å². The number of anilines is 1. The molecular formula is C23H24F3N3O5. The lowest BCUT2D eigenvalue weighted by atomic mass is 10.2. The van der Waals surface area contributed by atoms with Crippen LogP contribution in [0.2, 0.25) is 0 Å². The highest BCUT2D eigenvalue weighted by Gasteiger charge is 2.34. The highest BCUT2D eigenvalue weighted by Crippen LogP contribution is 2.31. The predicted octanol–water partition coefficient (Wildman–Crippen LogP) is 2.90. The smallest absolute Gasteiger partial charge is 0.485 e. The second-order valence-corrected chi connectivity index (χ2v) is 7.96. The Morgan fingerprint density at radius 3 is 2.32 bits per heavy atom. The van der Waals surface area contributed by atoms with Gasteiger partial charge in [0.05, 0.1) is 6.04 Å². The maximum absolute atomic E-state index is 12.9. The Bertz CT molecular complexity index is 1020. The molecule has 0 radical (unpaired) electrons. The fourth-order valence-corrected chi connectivity index (χ4v) is 3.83. The van der Waals surface area contributed by atoms with Gasteiger partial charge in [-0.3, -0.25) is 14.5 Å². The lowest BCUT2D eigenvalue weighted by Gasteiger charge is -2.39. The predicted molar refractivity (Wildman–Crippen MR) is 116 cm³/mol. The van der Waals surface area contributed by atoms with E-state index < -0.39 is 18.5 Å². The standard InChI is InChI=1S/C23H24F3N3O5/c1-15(21(30)27-16-6-8-17(9-7-16)34-23(24,25)26)28-10-12-29(13-11-28)22(31)20-14-32-18-4-2-3-5-19(18)33-20/h2-9,15,20H,10-14H2,1H3,(H,27,30)/t15-,20+/m0/s1. The summed E-state index contributed by atoms with van der Waals surface area (Å²) in [6, 6.07) is 11.6. The number of hydrogen-bond acceptors (Lipinski definition) is 6. The number of carbonyl (C=O) groups is 2. The van der Waals surface area contributed by atoms with Crippen molar-refractivity contribution in [3.05, 3.63) is 48.5 Å². The minimum atomic E-state index is -4.77. The van der Waals surface area contributed by atoms with Gasteiger partial charge in [0, 0.05) is 31.9 Å². The first-order valence-corrected chi connectivity index (χ1v) is 10.8. The van der Waals surface area contributed by atoms with Crippen LogP contribution >= 0.6 is 0 Å². The number of piperazine rings is 1. The highest BCUT2D eigenvalue weighted by atomic mass is 19.4. The molecule has 0 unspecified atom stereocenters. The molecule has 4 rings (SSSR count). The molecule has 182 valence electrons. The van der Waals surface area contributed by atoms with Crippen molar-refractivity contribution in [3.63, 3.8) is 0 Å². The molecule has 2 aliphatic heterocycles. The Morgan fingerprint density at radius 2 is 1.68 bits per heavy atom. The summed E-state index contributed by atoms with van der Waals surface area (Å²) in [6.07, 6.45) is -5.49. The van der Waals surface area contributed by atoms with Crippen molar-refractivity contribution in [3.8, 4) is 17.2 Å². The highest BCUT2D eigenvalue weighted by molar-refractivity contribution is 5.94. The first kappa shape index (κ1) is 23.7. The fraction of sp³-hybridized carbons (Fsp3) is 0.391. The van der Waals surface area contributed by atoms with Crippen LogP contribution in [-0.2, 0) is 9.59 Å². The number of amides is 2. The normalized spacial score (nSPS) is 19.3. The van der Waals surface area contributed by atoms with E-state index in [1.165, 1.54) is 12.1 Å². The molecule has 8 nitrogen and oxygen atoms in total. The van der Waals surface area contributed by atoms with E-state index in [-0.39, 0.29) is 24.2 Å². The zero-order chi connectivity index (χ0) is 24.3. The summed E-state index contributed by atoms with van der Waals surface area (Å²) in [4.78, 5) is 29.1. The van der Waals surface area contributed by atoms with Crippen LogP contribution in [-0.4, -0.2) is 72.9 Å². The lowest BCUT2D eigenvalue weighted by Crippen LogP contribution is -2.57. The van der Waals surface area contributed by atoms with Gasteiger partial charge < -0.3 is 24.4 Å². The molecule has 11 heteroatoms. The Labute approximate surface area is 194 Å². The summed E-state index contributed by atoms with van der Waals surface area (Å²) in [5.41, 5.74) is 0.356. The monoisotopic (exact) mass is 479 g/mol. The fourth-order valence-electron chi connectivity index (χ4n) is 3.83. The second-order valence-electron chi connectivity index (χ2n) is 7.96. The molecule has 1 N–H and O–H groups in total. The van der Waals surface area contributed by atoms with Crippen molar-refractivity contribution in [1.82, 2.24) is 9.80 Å². The number of nitrogens with zero attached hydrogens (tertiary/aromatic N) is 2. The van der Waals surface area contributed by atoms with Gasteiger partial charge in [0.2, 0.25) is 12.0 Å². The zero-order valence-electron chi connectivity index (χ0n) is 18.4. The van der Waals surface area contributed by atoms with Gasteiger partial charge >= 0.3 is 6.36 Å². The van der Waals surface area contributed by atoms with E-state index in [0.29, 0.717) is 43.4 Å². The second kappa shape index (κ2) is 9.80. The summed E-state index contributed by atoms with van der Waals surface area (Å²) in [6.45, 7) is 3.72. The molecule has 0 spiro atoms. The van der Waals surface area contributed by atoms with Crippen LogP contribution in [0.15, 0.2) is 48.5 Å². The molecule has 1 fully saturated rings. The van der Waals surface area contributed by atoms with Gasteiger partial charge in [0.25, 0.3) is 5.91 Å². The van der Waals surface area contributed by atoms with Crippen LogP contribution in [0.1, 0.15) is 6.92 Å². The summed E-state index contributed by atoms with van der Waals surface area (Å²) in [5.74, 6) is 0.320. The van der Waals surface area contributed by atoms with Gasteiger partial charge in [-0.15, -0.1) is 13.2 Å². The maximum atomic E-state index is 12.9. The first-order valence-electron chi connectivity index (χ1n) is 10.8. The Hall–Kier alpha value is -3.47. The summed E-state index contributed by atoms with van der Waals surface area (Å²) < 4.78 is 52.1. The summed E-state index contributed by atoms with van der Waals surface area (Å²) >= 11 is 0. The van der Waals surface area contributed by atoms with Crippen molar-refractivity contribution in [2.75, 3.05) is 38.1 Å². The largest absolute Gasteiger partial charge is 0.573 e. The number of benzene rings is 2. The van der Waals surface area contributed by atoms with Crippen LogP contribution < -0.4 is 19.5 Å². The van der Waals surface area contributed by atoms with E-state index in [0.717, 1.165) is 12.1 Å². The van der Waals surface area contributed by atoms with Gasteiger partial charge in [-0.25, -0.2) is 0 Å². The number of fused-ring (bicyclic) bond motifs is 1. The van der Waals surface area contributed by atoms with Gasteiger partial charge in [-0.1, -0.05) is 12.1 Å². The molecule has 2 amide bonds. The number of rotatable bonds is 5. The molecular weight excluding hydrogens is 455 g/mol. The van der Waals surface area contributed by atoms with Crippen LogP contribution in [0.5, 0.6) is 17.2 Å². The quantitative estimate of drug-likeness (QED) is 0.711. The average molecular weight is 479 g/mol. The van der Waals surface area contributed by atoms with Crippen molar-refractivity contribution < 1.29 is 37.0 Å². The average Bonchev–Trinajstić information content (AvgIpc) is 2.83. The van der Waals surface area contributed by atoms with E-state index in [1.807, 2.05) is 17.0 Å².